The van der Waals surface area contributed by atoms with Gasteiger partial charge < -0.3 is 5.32 Å². The van der Waals surface area contributed by atoms with E-state index in [-0.39, 0.29) is 17.8 Å². The van der Waals surface area contributed by atoms with E-state index < -0.39 is 5.82 Å². The first-order chi connectivity index (χ1) is 12.2. The quantitative estimate of drug-likeness (QED) is 0.820. The van der Waals surface area contributed by atoms with Crippen molar-refractivity contribution in [1.29, 1.82) is 0 Å². The number of rotatable bonds is 6. The predicted octanol–water partition coefficient (Wildman–Crippen LogP) is 3.22. The van der Waals surface area contributed by atoms with E-state index in [0.29, 0.717) is 0 Å². The minimum absolute atomic E-state index is 0.164. The van der Waals surface area contributed by atoms with Crippen molar-refractivity contribution < 1.29 is 9.18 Å². The largest absolute Gasteiger partial charge is 0.314 e. The second-order valence-electron chi connectivity index (χ2n) is 6.56. The molecule has 0 aliphatic carbocycles. The number of carbonyl (C=O) groups is 1. The fourth-order valence-corrected chi connectivity index (χ4v) is 3.36. The topological polar surface area (TPSA) is 32.3 Å². The lowest BCUT2D eigenvalue weighted by Gasteiger charge is -2.27. The summed E-state index contributed by atoms with van der Waals surface area (Å²) in [5.41, 5.74) is 3.63. The lowest BCUT2D eigenvalue weighted by molar-refractivity contribution is 0.0989. The van der Waals surface area contributed by atoms with Crippen LogP contribution < -0.4 is 5.32 Å². The van der Waals surface area contributed by atoms with Gasteiger partial charge in [0, 0.05) is 39.1 Å². The Bertz CT molecular complexity index is 738. The number of Topliss-reactive ketones (excluding diaryl/α,β-unsaturated/α-hetero) is 1. The van der Waals surface area contributed by atoms with E-state index in [9.17, 15) is 9.18 Å². The minimum atomic E-state index is -0.444. The number of carbonyl (C=O) groups excluding carboxylic acids is 1. The van der Waals surface area contributed by atoms with Gasteiger partial charge in [-0.15, -0.1) is 0 Å². The summed E-state index contributed by atoms with van der Waals surface area (Å²) >= 11 is 0. The van der Waals surface area contributed by atoms with Gasteiger partial charge in [0.05, 0.1) is 5.56 Å². The summed E-state index contributed by atoms with van der Waals surface area (Å²) in [5, 5.41) is 3.36. The molecule has 4 heteroatoms. The maximum Gasteiger partial charge on any atom is 0.170 e. The average molecular weight is 340 g/mol. The van der Waals surface area contributed by atoms with Gasteiger partial charge in [0.2, 0.25) is 0 Å². The first-order valence-corrected chi connectivity index (χ1v) is 8.99. The molecule has 0 bridgehead atoms. The molecule has 1 heterocycles. The molecule has 1 fully saturated rings. The Morgan fingerprint density at radius 1 is 1.12 bits per heavy atom. The Morgan fingerprint density at radius 3 is 2.60 bits per heavy atom. The maximum absolute atomic E-state index is 13.8. The van der Waals surface area contributed by atoms with E-state index >= 15 is 0 Å². The Labute approximate surface area is 148 Å². The molecule has 0 atom stereocenters. The molecule has 1 aliphatic heterocycles. The Morgan fingerprint density at radius 2 is 1.88 bits per heavy atom. The molecule has 1 aliphatic rings. The summed E-state index contributed by atoms with van der Waals surface area (Å²) in [6.45, 7) is 7.24. The van der Waals surface area contributed by atoms with E-state index in [1.807, 2.05) is 6.07 Å². The molecule has 3 rings (SSSR count). The number of nitrogens with one attached hydrogen (secondary N) is 1. The minimum Gasteiger partial charge on any atom is -0.314 e. The van der Waals surface area contributed by atoms with Gasteiger partial charge in [0.15, 0.2) is 5.78 Å². The molecule has 2 aromatic carbocycles. The molecule has 0 aromatic heterocycles. The Kier molecular flexibility index (Phi) is 5.95. The highest BCUT2D eigenvalue weighted by Crippen LogP contribution is 2.18. The summed E-state index contributed by atoms with van der Waals surface area (Å²) in [6, 6.07) is 12.5. The molecule has 0 saturated carbocycles. The van der Waals surface area contributed by atoms with Crippen molar-refractivity contribution in [3.05, 3.63) is 70.5 Å². The molecule has 2 aromatic rings. The highest BCUT2D eigenvalue weighted by molar-refractivity contribution is 5.97. The number of ketones is 1. The van der Waals surface area contributed by atoms with Gasteiger partial charge in [-0.25, -0.2) is 4.39 Å². The zero-order chi connectivity index (χ0) is 17.6. The molecule has 25 heavy (non-hydrogen) atoms. The maximum atomic E-state index is 13.8. The van der Waals surface area contributed by atoms with Crippen LogP contribution in [0.5, 0.6) is 0 Å². The lowest BCUT2D eigenvalue weighted by Crippen LogP contribution is -2.42. The third kappa shape index (κ3) is 4.53. The van der Waals surface area contributed by atoms with Gasteiger partial charge in [-0.3, -0.25) is 9.69 Å². The van der Waals surface area contributed by atoms with Gasteiger partial charge in [-0.2, -0.15) is 0 Å². The SMILES string of the molecule is CCc1cc(CN2CCNCC2)ccc1CC(=O)c1ccccc1F. The van der Waals surface area contributed by atoms with Gasteiger partial charge in [-0.05, 0) is 35.2 Å². The van der Waals surface area contributed by atoms with Gasteiger partial charge in [-0.1, -0.05) is 37.3 Å². The molecule has 132 valence electrons. The van der Waals surface area contributed by atoms with Crippen molar-refractivity contribution in [2.45, 2.75) is 26.3 Å². The van der Waals surface area contributed by atoms with Crippen molar-refractivity contribution in [1.82, 2.24) is 10.2 Å². The third-order valence-corrected chi connectivity index (χ3v) is 4.79. The van der Waals surface area contributed by atoms with E-state index in [1.165, 1.54) is 17.2 Å². The summed E-state index contributed by atoms with van der Waals surface area (Å²) in [6.07, 6.45) is 1.12. The van der Waals surface area contributed by atoms with Crippen molar-refractivity contribution >= 4 is 5.78 Å². The van der Waals surface area contributed by atoms with Crippen molar-refractivity contribution in [2.24, 2.45) is 0 Å². The number of hydrogen-bond donors (Lipinski definition) is 1. The van der Waals surface area contributed by atoms with Crippen LogP contribution in [0.25, 0.3) is 0 Å². The Balaban J connectivity index is 1.73. The van der Waals surface area contributed by atoms with E-state index in [4.69, 9.17) is 0 Å². The molecule has 3 nitrogen and oxygen atoms in total. The standard InChI is InChI=1S/C21H25FN2O/c1-2-17-13-16(15-24-11-9-23-10-12-24)7-8-18(17)14-21(25)19-5-3-4-6-20(19)22/h3-8,13,23H,2,9-12,14-15H2,1H3. The van der Waals surface area contributed by atoms with Crippen molar-refractivity contribution in [3.8, 4) is 0 Å². The van der Waals surface area contributed by atoms with Gasteiger partial charge in [0.25, 0.3) is 0 Å². The van der Waals surface area contributed by atoms with E-state index in [0.717, 1.165) is 44.7 Å². The molecule has 1 saturated heterocycles. The zero-order valence-electron chi connectivity index (χ0n) is 14.7. The van der Waals surface area contributed by atoms with Crippen LogP contribution in [-0.4, -0.2) is 36.9 Å². The number of hydrogen-bond acceptors (Lipinski definition) is 3. The van der Waals surface area contributed by atoms with Crippen LogP contribution in [-0.2, 0) is 19.4 Å². The van der Waals surface area contributed by atoms with E-state index in [1.54, 1.807) is 18.2 Å². The summed E-state index contributed by atoms with van der Waals surface area (Å²) < 4.78 is 13.8. The first kappa shape index (κ1) is 17.8. The molecule has 1 N–H and O–H groups in total. The second kappa shape index (κ2) is 8.37. The number of halogens is 1. The monoisotopic (exact) mass is 340 g/mol. The summed E-state index contributed by atoms with van der Waals surface area (Å²) in [7, 11) is 0. The second-order valence-corrected chi connectivity index (χ2v) is 6.56. The van der Waals surface area contributed by atoms with Crippen LogP contribution in [0.3, 0.4) is 0 Å². The number of benzene rings is 2. The summed E-state index contributed by atoms with van der Waals surface area (Å²) in [5.74, 6) is -0.608. The molecular formula is C21H25FN2O. The van der Waals surface area contributed by atoms with Crippen LogP contribution in [0.15, 0.2) is 42.5 Å². The third-order valence-electron chi connectivity index (χ3n) is 4.79. The smallest absolute Gasteiger partial charge is 0.170 e. The molecular weight excluding hydrogens is 315 g/mol. The first-order valence-electron chi connectivity index (χ1n) is 8.99. The van der Waals surface area contributed by atoms with Crippen molar-refractivity contribution in [3.63, 3.8) is 0 Å². The van der Waals surface area contributed by atoms with Crippen LogP contribution in [0.2, 0.25) is 0 Å². The average Bonchev–Trinajstić information content (AvgIpc) is 2.64. The van der Waals surface area contributed by atoms with Crippen molar-refractivity contribution in [2.75, 3.05) is 26.2 Å². The number of piperazine rings is 1. The molecule has 0 amide bonds. The molecule has 0 radical (unpaired) electrons. The number of nitrogens with zero attached hydrogens (tertiary/aromatic N) is 1. The van der Waals surface area contributed by atoms with Gasteiger partial charge in [0.1, 0.15) is 5.82 Å². The Hall–Kier alpha value is -2.04. The highest BCUT2D eigenvalue weighted by atomic mass is 19.1. The van der Waals surface area contributed by atoms with Crippen LogP contribution in [0, 0.1) is 5.82 Å². The fraction of sp³-hybridized carbons (Fsp3) is 0.381. The lowest BCUT2D eigenvalue weighted by atomic mass is 9.95. The normalized spacial score (nSPS) is 15.3. The van der Waals surface area contributed by atoms with Crippen LogP contribution >= 0.6 is 0 Å². The highest BCUT2D eigenvalue weighted by Gasteiger charge is 2.15. The zero-order valence-corrected chi connectivity index (χ0v) is 14.7. The van der Waals surface area contributed by atoms with Crippen LogP contribution in [0.4, 0.5) is 4.39 Å². The van der Waals surface area contributed by atoms with Crippen LogP contribution in [0.1, 0.15) is 34.0 Å². The fourth-order valence-electron chi connectivity index (χ4n) is 3.36. The summed E-state index contributed by atoms with van der Waals surface area (Å²) in [4.78, 5) is 14.9. The van der Waals surface area contributed by atoms with Gasteiger partial charge >= 0.3 is 0 Å². The predicted molar refractivity (Wildman–Crippen MR) is 98.4 cm³/mol. The van der Waals surface area contributed by atoms with E-state index in [2.05, 4.69) is 29.3 Å². The molecule has 0 spiro atoms. The number of aryl methyl sites for hydroxylation is 1. The molecule has 0 unspecified atom stereocenters.